The minimum Gasteiger partial charge on any atom is -0.452 e. The average molecular weight is 376 g/mol. The quantitative estimate of drug-likeness (QED) is 0.665. The first-order valence-electron chi connectivity index (χ1n) is 8.24. The SMILES string of the molecule is N#Cc1ccccc1-c1ccccc1C(=O)OCC(=O)NCc1cccs1. The highest BCUT2D eigenvalue weighted by molar-refractivity contribution is 7.09. The van der Waals surface area contributed by atoms with Crippen LogP contribution in [0, 0.1) is 11.3 Å². The maximum absolute atomic E-state index is 12.5. The number of hydrogen-bond donors (Lipinski definition) is 1. The summed E-state index contributed by atoms with van der Waals surface area (Å²) >= 11 is 1.54. The summed E-state index contributed by atoms with van der Waals surface area (Å²) in [5.74, 6) is -0.976. The van der Waals surface area contributed by atoms with E-state index in [0.29, 0.717) is 28.8 Å². The van der Waals surface area contributed by atoms with Gasteiger partial charge in [0.2, 0.25) is 0 Å². The highest BCUT2D eigenvalue weighted by Crippen LogP contribution is 2.27. The van der Waals surface area contributed by atoms with Crippen molar-refractivity contribution in [2.24, 2.45) is 0 Å². The van der Waals surface area contributed by atoms with E-state index in [9.17, 15) is 14.9 Å². The molecule has 0 aliphatic rings. The van der Waals surface area contributed by atoms with Crippen molar-refractivity contribution in [2.75, 3.05) is 6.61 Å². The highest BCUT2D eigenvalue weighted by Gasteiger charge is 2.17. The van der Waals surface area contributed by atoms with Gasteiger partial charge in [-0.1, -0.05) is 42.5 Å². The zero-order chi connectivity index (χ0) is 19.1. The van der Waals surface area contributed by atoms with E-state index in [0.717, 1.165) is 4.88 Å². The van der Waals surface area contributed by atoms with Gasteiger partial charge in [-0.2, -0.15) is 5.26 Å². The van der Waals surface area contributed by atoms with Crippen LogP contribution < -0.4 is 5.32 Å². The summed E-state index contributed by atoms with van der Waals surface area (Å²) in [5.41, 5.74) is 2.02. The summed E-state index contributed by atoms with van der Waals surface area (Å²) in [7, 11) is 0. The van der Waals surface area contributed by atoms with E-state index in [1.54, 1.807) is 59.9 Å². The third-order valence-electron chi connectivity index (χ3n) is 3.86. The van der Waals surface area contributed by atoms with Gasteiger partial charge in [-0.15, -0.1) is 11.3 Å². The zero-order valence-electron chi connectivity index (χ0n) is 14.3. The molecular formula is C21H16N2O3S. The number of rotatable bonds is 6. The minimum absolute atomic E-state index is 0.311. The predicted octanol–water partition coefficient (Wildman–Crippen LogP) is 3.76. The maximum atomic E-state index is 12.5. The Morgan fingerprint density at radius 3 is 2.48 bits per heavy atom. The Morgan fingerprint density at radius 1 is 1.00 bits per heavy atom. The monoisotopic (exact) mass is 376 g/mol. The number of hydrogen-bond acceptors (Lipinski definition) is 5. The number of benzene rings is 2. The van der Waals surface area contributed by atoms with E-state index in [2.05, 4.69) is 11.4 Å². The lowest BCUT2D eigenvalue weighted by molar-refractivity contribution is -0.124. The van der Waals surface area contributed by atoms with Crippen molar-refractivity contribution in [2.45, 2.75) is 6.54 Å². The topological polar surface area (TPSA) is 79.2 Å². The number of thiophene rings is 1. The van der Waals surface area contributed by atoms with Gasteiger partial charge in [0.15, 0.2) is 6.61 Å². The van der Waals surface area contributed by atoms with Crippen LogP contribution in [0.1, 0.15) is 20.8 Å². The second kappa shape index (κ2) is 8.79. The Labute approximate surface area is 160 Å². The summed E-state index contributed by atoms with van der Waals surface area (Å²) < 4.78 is 5.16. The van der Waals surface area contributed by atoms with Crippen LogP contribution in [0.4, 0.5) is 0 Å². The molecule has 0 unspecified atom stereocenters. The predicted molar refractivity (Wildman–Crippen MR) is 103 cm³/mol. The third kappa shape index (κ3) is 4.60. The van der Waals surface area contributed by atoms with Crippen molar-refractivity contribution in [3.63, 3.8) is 0 Å². The molecule has 27 heavy (non-hydrogen) atoms. The molecule has 3 aromatic rings. The molecule has 0 spiro atoms. The smallest absolute Gasteiger partial charge is 0.339 e. The van der Waals surface area contributed by atoms with E-state index in [-0.39, 0.29) is 12.5 Å². The van der Waals surface area contributed by atoms with Gasteiger partial charge in [0, 0.05) is 10.4 Å². The van der Waals surface area contributed by atoms with Crippen LogP contribution in [0.15, 0.2) is 66.0 Å². The van der Waals surface area contributed by atoms with E-state index in [1.807, 2.05) is 17.5 Å². The van der Waals surface area contributed by atoms with E-state index in [4.69, 9.17) is 4.74 Å². The van der Waals surface area contributed by atoms with Gasteiger partial charge in [-0.3, -0.25) is 4.79 Å². The number of nitriles is 1. The first-order valence-corrected chi connectivity index (χ1v) is 9.11. The first kappa shape index (κ1) is 18.4. The van der Waals surface area contributed by atoms with Crippen molar-refractivity contribution >= 4 is 23.2 Å². The van der Waals surface area contributed by atoms with Gasteiger partial charge in [0.1, 0.15) is 0 Å². The molecule has 0 fully saturated rings. The molecule has 1 amide bonds. The Morgan fingerprint density at radius 2 is 1.74 bits per heavy atom. The van der Waals surface area contributed by atoms with Crippen LogP contribution in [0.5, 0.6) is 0 Å². The fourth-order valence-electron chi connectivity index (χ4n) is 2.57. The maximum Gasteiger partial charge on any atom is 0.339 e. The molecule has 0 aliphatic carbocycles. The number of nitrogens with one attached hydrogen (secondary N) is 1. The lowest BCUT2D eigenvalue weighted by atomic mass is 9.96. The van der Waals surface area contributed by atoms with Crippen molar-refractivity contribution in [3.8, 4) is 17.2 Å². The Kier molecular flexibility index (Phi) is 5.98. The Bertz CT molecular complexity index is 991. The molecule has 0 radical (unpaired) electrons. The van der Waals surface area contributed by atoms with Gasteiger partial charge < -0.3 is 10.1 Å². The largest absolute Gasteiger partial charge is 0.452 e. The number of carbonyl (C=O) groups is 2. The second-order valence-electron chi connectivity index (χ2n) is 5.64. The number of amides is 1. The summed E-state index contributed by atoms with van der Waals surface area (Å²) in [5, 5.41) is 13.9. The van der Waals surface area contributed by atoms with E-state index < -0.39 is 5.97 Å². The van der Waals surface area contributed by atoms with Crippen molar-refractivity contribution in [1.82, 2.24) is 5.32 Å². The van der Waals surface area contributed by atoms with Crippen LogP contribution in [-0.4, -0.2) is 18.5 Å². The summed E-state index contributed by atoms with van der Waals surface area (Å²) in [6, 6.07) is 19.9. The van der Waals surface area contributed by atoms with Crippen molar-refractivity contribution < 1.29 is 14.3 Å². The van der Waals surface area contributed by atoms with E-state index in [1.165, 1.54) is 0 Å². The normalized spacial score (nSPS) is 10.0. The number of nitrogens with zero attached hydrogens (tertiary/aromatic N) is 1. The number of carbonyl (C=O) groups excluding carboxylic acids is 2. The number of esters is 1. The minimum atomic E-state index is -0.607. The van der Waals surface area contributed by atoms with Crippen LogP contribution in [0.25, 0.3) is 11.1 Å². The fourth-order valence-corrected chi connectivity index (χ4v) is 3.21. The van der Waals surface area contributed by atoms with Gasteiger partial charge in [0.05, 0.1) is 23.7 Å². The zero-order valence-corrected chi connectivity index (χ0v) is 15.2. The molecule has 5 nitrogen and oxygen atoms in total. The third-order valence-corrected chi connectivity index (χ3v) is 4.74. The van der Waals surface area contributed by atoms with Gasteiger partial charge in [-0.25, -0.2) is 4.79 Å². The summed E-state index contributed by atoms with van der Waals surface area (Å²) in [6.45, 7) is 0.0403. The fraction of sp³-hybridized carbons (Fsp3) is 0.0952. The highest BCUT2D eigenvalue weighted by atomic mass is 32.1. The molecule has 0 aliphatic heterocycles. The molecule has 3 rings (SSSR count). The molecule has 1 heterocycles. The van der Waals surface area contributed by atoms with Crippen LogP contribution in [0.2, 0.25) is 0 Å². The molecule has 6 heteroatoms. The first-order chi connectivity index (χ1) is 13.2. The van der Waals surface area contributed by atoms with Crippen LogP contribution >= 0.6 is 11.3 Å². The van der Waals surface area contributed by atoms with Gasteiger partial charge >= 0.3 is 5.97 Å². The molecule has 134 valence electrons. The van der Waals surface area contributed by atoms with Crippen molar-refractivity contribution in [3.05, 3.63) is 82.0 Å². The molecule has 1 aromatic heterocycles. The van der Waals surface area contributed by atoms with E-state index >= 15 is 0 Å². The Hall–Kier alpha value is -3.43. The van der Waals surface area contributed by atoms with Gasteiger partial charge in [-0.05, 0) is 29.1 Å². The lowest BCUT2D eigenvalue weighted by Crippen LogP contribution is -2.28. The summed E-state index contributed by atoms with van der Waals surface area (Å²) in [6.07, 6.45) is 0. The Balaban J connectivity index is 1.69. The molecule has 0 bridgehead atoms. The van der Waals surface area contributed by atoms with Crippen LogP contribution in [0.3, 0.4) is 0 Å². The molecular weight excluding hydrogens is 360 g/mol. The molecule has 0 saturated carbocycles. The standard InChI is InChI=1S/C21H16N2O3S/c22-12-15-6-1-2-8-17(15)18-9-3-4-10-19(18)21(25)26-14-20(24)23-13-16-7-5-11-27-16/h1-11H,13-14H2,(H,23,24). The average Bonchev–Trinajstić information content (AvgIpc) is 3.24. The molecule has 0 saturated heterocycles. The molecule has 0 atom stereocenters. The van der Waals surface area contributed by atoms with Crippen molar-refractivity contribution in [1.29, 1.82) is 5.26 Å². The molecule has 1 N–H and O–H groups in total. The second-order valence-corrected chi connectivity index (χ2v) is 6.67. The number of ether oxygens (including phenoxy) is 1. The molecule has 2 aromatic carbocycles. The summed E-state index contributed by atoms with van der Waals surface area (Å²) in [4.78, 5) is 25.4. The van der Waals surface area contributed by atoms with Gasteiger partial charge in [0.25, 0.3) is 5.91 Å². The van der Waals surface area contributed by atoms with Crippen LogP contribution in [-0.2, 0) is 16.1 Å². The lowest BCUT2D eigenvalue weighted by Gasteiger charge is -2.11.